The second-order valence-corrected chi connectivity index (χ2v) is 11.1. The molecule has 1 aromatic rings. The van der Waals surface area contributed by atoms with Crippen molar-refractivity contribution in [2.45, 2.75) is 0 Å². The summed E-state index contributed by atoms with van der Waals surface area (Å²) in [6.07, 6.45) is 0. The number of carboxylic acids is 1. The molecule has 57 heavy (non-hydrogen) atoms. The number of anilines is 1. The number of nitrogens with one attached hydrogen (secondary N) is 2. The van der Waals surface area contributed by atoms with Crippen LogP contribution >= 0.6 is 0 Å². The van der Waals surface area contributed by atoms with Gasteiger partial charge in [0, 0.05) is 19.2 Å². The van der Waals surface area contributed by atoms with Crippen molar-refractivity contribution in [3.05, 3.63) is 38.4 Å². The lowest BCUT2D eigenvalue weighted by atomic mass is 10.2. The van der Waals surface area contributed by atoms with Crippen molar-refractivity contribution in [1.29, 1.82) is 0 Å². The van der Waals surface area contributed by atoms with Gasteiger partial charge in [-0.25, -0.2) is 4.79 Å². The summed E-state index contributed by atoms with van der Waals surface area (Å²) < 4.78 is 64.4. The Balaban J connectivity index is 1.70. The van der Waals surface area contributed by atoms with Gasteiger partial charge in [0.25, 0.3) is 11.4 Å². The Morgan fingerprint density at radius 2 is 0.842 bits per heavy atom. The molecule has 1 rings (SSSR count). The molecule has 0 aromatic heterocycles. The van der Waals surface area contributed by atoms with Crippen LogP contribution in [-0.4, -0.2) is 198 Å². The van der Waals surface area contributed by atoms with Crippen LogP contribution in [-0.2, 0) is 66.4 Å². The van der Waals surface area contributed by atoms with Gasteiger partial charge < -0.3 is 72.6 Å². The fourth-order valence-electron chi connectivity index (χ4n) is 4.04. The van der Waals surface area contributed by atoms with E-state index in [0.29, 0.717) is 139 Å². The number of benzene rings is 1. The molecular weight excluding hydrogens is 768 g/mol. The summed E-state index contributed by atoms with van der Waals surface area (Å²) in [4.78, 5) is 42.3. The molecule has 1 amide bonds. The molecule has 0 fully saturated rings. The number of carbonyl (C=O) groups excluding carboxylic acids is 1. The highest BCUT2D eigenvalue weighted by atomic mass is 16.6. The van der Waals surface area contributed by atoms with Gasteiger partial charge in [0.2, 0.25) is 5.91 Å². The number of non-ortho nitro benzene ring substituents is 1. The zero-order chi connectivity index (χ0) is 41.4. The molecule has 0 radical (unpaired) electrons. The van der Waals surface area contributed by atoms with Crippen molar-refractivity contribution < 1.29 is 81.4 Å². The average molecular weight is 827 g/mol. The molecule has 0 heterocycles. The first kappa shape index (κ1) is 51.3. The number of hydrogen-bond acceptors (Lipinski definition) is 19. The third kappa shape index (κ3) is 33.0. The van der Waals surface area contributed by atoms with E-state index in [4.69, 9.17) is 57.2 Å². The average Bonchev–Trinajstić information content (AvgIpc) is 3.18. The Hall–Kier alpha value is -3.72. The number of carboxylic acid groups (broad SMARTS) is 1. The predicted molar refractivity (Wildman–Crippen MR) is 199 cm³/mol. The van der Waals surface area contributed by atoms with Crippen molar-refractivity contribution in [2.24, 2.45) is 0 Å². The number of nitrogens with zero attached hydrogens (tertiary/aromatic N) is 2. The minimum Gasteiger partial charge on any atom is -0.480 e. The molecule has 0 atom stereocenters. The normalized spacial score (nSPS) is 11.2. The lowest BCUT2D eigenvalue weighted by Gasteiger charge is -2.09. The van der Waals surface area contributed by atoms with Crippen LogP contribution < -0.4 is 10.6 Å². The van der Waals surface area contributed by atoms with E-state index in [9.17, 15) is 29.8 Å². The van der Waals surface area contributed by atoms with Crippen LogP contribution in [0.3, 0.4) is 0 Å². The van der Waals surface area contributed by atoms with E-state index in [1.807, 2.05) is 0 Å². The van der Waals surface area contributed by atoms with E-state index in [1.54, 1.807) is 0 Å². The molecule has 0 saturated heterocycles. The number of amides is 1. The van der Waals surface area contributed by atoms with Gasteiger partial charge in [0.05, 0.1) is 161 Å². The van der Waals surface area contributed by atoms with E-state index in [0.717, 1.165) is 6.07 Å². The monoisotopic (exact) mass is 826 g/mol. The summed E-state index contributed by atoms with van der Waals surface area (Å²) in [5, 5.41) is 35.8. The van der Waals surface area contributed by atoms with Gasteiger partial charge in [-0.15, -0.1) is 0 Å². The molecule has 0 bridgehead atoms. The molecule has 0 aliphatic rings. The third-order valence-electron chi connectivity index (χ3n) is 6.70. The Bertz CT molecular complexity index is 1190. The summed E-state index contributed by atoms with van der Waals surface area (Å²) in [6.45, 7) is 8.62. The van der Waals surface area contributed by atoms with Crippen molar-refractivity contribution in [1.82, 2.24) is 5.32 Å². The van der Waals surface area contributed by atoms with Crippen LogP contribution in [0.5, 0.6) is 0 Å². The van der Waals surface area contributed by atoms with E-state index in [-0.39, 0.29) is 43.4 Å². The van der Waals surface area contributed by atoms with Gasteiger partial charge in [-0.05, 0) is 6.07 Å². The van der Waals surface area contributed by atoms with Gasteiger partial charge >= 0.3 is 5.97 Å². The van der Waals surface area contributed by atoms with Crippen LogP contribution in [0.25, 0.3) is 0 Å². The summed E-state index contributed by atoms with van der Waals surface area (Å²) in [5.41, 5.74) is -0.551. The van der Waals surface area contributed by atoms with E-state index >= 15 is 0 Å². The summed E-state index contributed by atoms with van der Waals surface area (Å²) in [7, 11) is 0. The highest BCUT2D eigenvalue weighted by Gasteiger charge is 2.19. The molecule has 0 aliphatic heterocycles. The van der Waals surface area contributed by atoms with Gasteiger partial charge in [0.15, 0.2) is 0 Å². The number of nitro groups is 2. The summed E-state index contributed by atoms with van der Waals surface area (Å²) in [5.74, 6) is -1.54. The molecule has 3 N–H and O–H groups in total. The standard InChI is InChI=1S/C34H58N4O19/c39-33(28-57-29-34(40)41)36-4-6-47-8-10-49-12-14-51-16-18-53-20-22-55-24-26-56-25-23-54-21-19-52-17-15-50-13-11-48-9-7-46-5-3-35-31-2-1-30(37(42)43)27-32(31)38(44)45/h1-2,27,35H,3-26,28-29H2,(H,36,39)(H,40,41). The second kappa shape index (κ2) is 37.8. The predicted octanol–water partition coefficient (Wildman–Crippen LogP) is 0.315. The van der Waals surface area contributed by atoms with Gasteiger partial charge in [-0.3, -0.25) is 25.0 Å². The Morgan fingerprint density at radius 1 is 0.491 bits per heavy atom. The van der Waals surface area contributed by atoms with Crippen LogP contribution in [0.4, 0.5) is 17.1 Å². The van der Waals surface area contributed by atoms with E-state index < -0.39 is 28.3 Å². The quantitative estimate of drug-likeness (QED) is 0.0454. The largest absolute Gasteiger partial charge is 0.480 e. The molecule has 0 unspecified atom stereocenters. The fourth-order valence-corrected chi connectivity index (χ4v) is 4.04. The number of hydrogen-bond donors (Lipinski definition) is 3. The zero-order valence-electron chi connectivity index (χ0n) is 32.3. The number of nitro benzene ring substituents is 2. The molecule has 0 saturated carbocycles. The maximum atomic E-state index is 11.4. The fraction of sp³-hybridized carbons (Fsp3) is 0.765. The first-order chi connectivity index (χ1) is 27.8. The van der Waals surface area contributed by atoms with Crippen LogP contribution in [0.15, 0.2) is 18.2 Å². The van der Waals surface area contributed by atoms with Gasteiger partial charge in [-0.1, -0.05) is 0 Å². The van der Waals surface area contributed by atoms with E-state index in [1.165, 1.54) is 12.1 Å². The second-order valence-electron chi connectivity index (χ2n) is 11.1. The number of aliphatic carboxylic acids is 1. The maximum absolute atomic E-state index is 11.4. The third-order valence-corrected chi connectivity index (χ3v) is 6.70. The molecule has 23 nitrogen and oxygen atoms in total. The number of carbonyl (C=O) groups is 2. The first-order valence-electron chi connectivity index (χ1n) is 18.4. The molecule has 328 valence electrons. The van der Waals surface area contributed by atoms with Crippen LogP contribution in [0.1, 0.15) is 0 Å². The van der Waals surface area contributed by atoms with Crippen molar-refractivity contribution in [2.75, 3.05) is 177 Å². The molecule has 0 spiro atoms. The Labute approximate surface area is 331 Å². The lowest BCUT2D eigenvalue weighted by Crippen LogP contribution is -2.31. The first-order valence-corrected chi connectivity index (χ1v) is 18.4. The topological polar surface area (TPSA) is 275 Å². The Kier molecular flexibility index (Phi) is 34.1. The molecular formula is C34H58N4O19. The molecule has 1 aromatic carbocycles. The Morgan fingerprint density at radius 3 is 1.18 bits per heavy atom. The SMILES string of the molecule is O=C(O)COCC(=O)NCCOCCOCCOCCOCCOCCOCCOCCOCCOCCOCCOCCNc1ccc([N+](=O)[O-])cc1[N+](=O)[O-]. The summed E-state index contributed by atoms with van der Waals surface area (Å²) >= 11 is 0. The highest BCUT2D eigenvalue weighted by Crippen LogP contribution is 2.28. The maximum Gasteiger partial charge on any atom is 0.329 e. The minimum atomic E-state index is -1.13. The van der Waals surface area contributed by atoms with Gasteiger partial charge in [-0.2, -0.15) is 0 Å². The summed E-state index contributed by atoms with van der Waals surface area (Å²) in [6, 6.07) is 3.41. The van der Waals surface area contributed by atoms with Crippen LogP contribution in [0.2, 0.25) is 0 Å². The number of ether oxygens (including phenoxy) is 12. The highest BCUT2D eigenvalue weighted by molar-refractivity contribution is 5.77. The smallest absolute Gasteiger partial charge is 0.329 e. The van der Waals surface area contributed by atoms with Crippen LogP contribution in [0, 0.1) is 20.2 Å². The minimum absolute atomic E-state index is 0.177. The lowest BCUT2D eigenvalue weighted by molar-refractivity contribution is -0.393. The number of rotatable bonds is 43. The molecule has 23 heteroatoms. The van der Waals surface area contributed by atoms with Crippen molar-refractivity contribution in [3.63, 3.8) is 0 Å². The van der Waals surface area contributed by atoms with E-state index in [2.05, 4.69) is 15.4 Å². The van der Waals surface area contributed by atoms with Gasteiger partial charge in [0.1, 0.15) is 18.9 Å². The molecule has 0 aliphatic carbocycles. The van der Waals surface area contributed by atoms with Crippen molar-refractivity contribution in [3.8, 4) is 0 Å². The van der Waals surface area contributed by atoms with Crippen molar-refractivity contribution >= 4 is 28.9 Å². The zero-order valence-corrected chi connectivity index (χ0v) is 32.3.